The standard InChI is InChI=1S/C10H18N4O/c1-6(9-5-12-14-7(9)2)13-8(3)10(15)11-4/h5-6,8,13H,1-4H3,(H,11,15)(H,12,14)/t6?,8-/m1/s1. The van der Waals surface area contributed by atoms with E-state index in [1.807, 2.05) is 20.8 Å². The lowest BCUT2D eigenvalue weighted by molar-refractivity contribution is -0.122. The van der Waals surface area contributed by atoms with Crippen LogP contribution in [0.1, 0.15) is 31.1 Å². The summed E-state index contributed by atoms with van der Waals surface area (Å²) in [5.74, 6) is -0.0111. The van der Waals surface area contributed by atoms with Crippen LogP contribution in [0.3, 0.4) is 0 Å². The number of carbonyl (C=O) groups is 1. The summed E-state index contributed by atoms with van der Waals surface area (Å²) in [7, 11) is 1.63. The number of H-pyrrole nitrogens is 1. The van der Waals surface area contributed by atoms with Gasteiger partial charge in [-0.25, -0.2) is 0 Å². The van der Waals surface area contributed by atoms with Crippen molar-refractivity contribution in [1.29, 1.82) is 0 Å². The van der Waals surface area contributed by atoms with Gasteiger partial charge in [0.1, 0.15) is 0 Å². The molecule has 1 heterocycles. The van der Waals surface area contributed by atoms with Crippen LogP contribution in [0.25, 0.3) is 0 Å². The van der Waals surface area contributed by atoms with Crippen molar-refractivity contribution in [3.8, 4) is 0 Å². The first-order valence-electron chi connectivity index (χ1n) is 5.03. The molecule has 0 saturated heterocycles. The molecular weight excluding hydrogens is 192 g/mol. The Kier molecular flexibility index (Phi) is 3.85. The Morgan fingerprint density at radius 3 is 2.67 bits per heavy atom. The average molecular weight is 210 g/mol. The van der Waals surface area contributed by atoms with Crippen LogP contribution in [0.15, 0.2) is 6.20 Å². The summed E-state index contributed by atoms with van der Waals surface area (Å²) in [6, 6.07) is -0.102. The SMILES string of the molecule is CNC(=O)[C@@H](C)NC(C)c1cn[nH]c1C. The largest absolute Gasteiger partial charge is 0.358 e. The van der Waals surface area contributed by atoms with Crippen molar-refractivity contribution in [3.05, 3.63) is 17.5 Å². The Bertz CT molecular complexity index is 334. The van der Waals surface area contributed by atoms with E-state index in [4.69, 9.17) is 0 Å². The number of likely N-dealkylation sites (N-methyl/N-ethyl adjacent to an activating group) is 1. The molecule has 0 spiro atoms. The van der Waals surface area contributed by atoms with E-state index in [9.17, 15) is 4.79 Å². The number of nitrogens with zero attached hydrogens (tertiary/aromatic N) is 1. The first kappa shape index (κ1) is 11.7. The van der Waals surface area contributed by atoms with Crippen LogP contribution in [0.4, 0.5) is 0 Å². The molecule has 2 atom stereocenters. The number of aromatic nitrogens is 2. The Balaban J connectivity index is 2.60. The summed E-state index contributed by atoms with van der Waals surface area (Å²) >= 11 is 0. The normalized spacial score (nSPS) is 14.7. The van der Waals surface area contributed by atoms with Gasteiger partial charge in [-0.3, -0.25) is 15.2 Å². The lowest BCUT2D eigenvalue weighted by Gasteiger charge is -2.18. The number of nitrogens with one attached hydrogen (secondary N) is 3. The number of amides is 1. The summed E-state index contributed by atoms with van der Waals surface area (Å²) < 4.78 is 0. The van der Waals surface area contributed by atoms with E-state index in [-0.39, 0.29) is 18.0 Å². The second-order valence-electron chi connectivity index (χ2n) is 3.67. The maximum absolute atomic E-state index is 11.3. The van der Waals surface area contributed by atoms with E-state index < -0.39 is 0 Å². The molecule has 0 aliphatic carbocycles. The van der Waals surface area contributed by atoms with Crippen LogP contribution in [0.2, 0.25) is 0 Å². The number of hydrogen-bond donors (Lipinski definition) is 3. The number of hydrogen-bond acceptors (Lipinski definition) is 3. The maximum atomic E-state index is 11.3. The molecule has 0 aliphatic rings. The van der Waals surface area contributed by atoms with Crippen LogP contribution >= 0.6 is 0 Å². The van der Waals surface area contributed by atoms with Crippen LogP contribution in [0, 0.1) is 6.92 Å². The molecule has 0 aromatic carbocycles. The molecule has 5 nitrogen and oxygen atoms in total. The van der Waals surface area contributed by atoms with Gasteiger partial charge in [-0.1, -0.05) is 0 Å². The molecule has 1 aromatic heterocycles. The van der Waals surface area contributed by atoms with Crippen LogP contribution in [-0.2, 0) is 4.79 Å². The van der Waals surface area contributed by atoms with E-state index in [1.54, 1.807) is 13.2 Å². The van der Waals surface area contributed by atoms with Crippen molar-refractivity contribution < 1.29 is 4.79 Å². The fraction of sp³-hybridized carbons (Fsp3) is 0.600. The zero-order chi connectivity index (χ0) is 11.4. The molecule has 1 unspecified atom stereocenters. The average Bonchev–Trinajstić information content (AvgIpc) is 2.63. The Morgan fingerprint density at radius 1 is 1.53 bits per heavy atom. The van der Waals surface area contributed by atoms with E-state index in [2.05, 4.69) is 20.8 Å². The zero-order valence-electron chi connectivity index (χ0n) is 9.59. The van der Waals surface area contributed by atoms with Crippen LogP contribution < -0.4 is 10.6 Å². The lowest BCUT2D eigenvalue weighted by atomic mass is 10.1. The van der Waals surface area contributed by atoms with Gasteiger partial charge in [0.15, 0.2) is 0 Å². The fourth-order valence-corrected chi connectivity index (χ4v) is 1.55. The molecule has 1 rings (SSSR count). The van der Waals surface area contributed by atoms with Crippen molar-refractivity contribution in [2.45, 2.75) is 32.9 Å². The summed E-state index contributed by atoms with van der Waals surface area (Å²) in [6.07, 6.45) is 1.78. The molecule has 84 valence electrons. The maximum Gasteiger partial charge on any atom is 0.236 e. The second-order valence-corrected chi connectivity index (χ2v) is 3.67. The van der Waals surface area contributed by atoms with Crippen molar-refractivity contribution in [3.63, 3.8) is 0 Å². The predicted molar refractivity (Wildman–Crippen MR) is 58.4 cm³/mol. The van der Waals surface area contributed by atoms with E-state index in [0.717, 1.165) is 11.3 Å². The third kappa shape index (κ3) is 2.79. The molecule has 0 aliphatic heterocycles. The van der Waals surface area contributed by atoms with Gasteiger partial charge >= 0.3 is 0 Å². The van der Waals surface area contributed by atoms with Crippen molar-refractivity contribution in [1.82, 2.24) is 20.8 Å². The minimum atomic E-state index is -0.209. The molecular formula is C10H18N4O. The van der Waals surface area contributed by atoms with Crippen LogP contribution in [-0.4, -0.2) is 29.2 Å². The smallest absolute Gasteiger partial charge is 0.236 e. The molecule has 0 radical (unpaired) electrons. The van der Waals surface area contributed by atoms with Crippen LogP contribution in [0.5, 0.6) is 0 Å². The van der Waals surface area contributed by atoms with Gasteiger partial charge < -0.3 is 5.32 Å². The molecule has 15 heavy (non-hydrogen) atoms. The Labute approximate surface area is 89.6 Å². The van der Waals surface area contributed by atoms with Gasteiger partial charge in [-0.05, 0) is 20.8 Å². The van der Waals surface area contributed by atoms with Gasteiger partial charge in [0, 0.05) is 24.3 Å². The van der Waals surface area contributed by atoms with Gasteiger partial charge in [-0.15, -0.1) is 0 Å². The number of rotatable bonds is 4. The molecule has 1 amide bonds. The molecule has 0 saturated carbocycles. The highest BCUT2D eigenvalue weighted by Gasteiger charge is 2.16. The van der Waals surface area contributed by atoms with Crippen molar-refractivity contribution in [2.75, 3.05) is 7.05 Å². The number of aryl methyl sites for hydroxylation is 1. The van der Waals surface area contributed by atoms with E-state index >= 15 is 0 Å². The topological polar surface area (TPSA) is 69.8 Å². The molecule has 5 heteroatoms. The minimum Gasteiger partial charge on any atom is -0.358 e. The van der Waals surface area contributed by atoms with Gasteiger partial charge in [0.25, 0.3) is 0 Å². The highest BCUT2D eigenvalue weighted by atomic mass is 16.2. The summed E-state index contributed by atoms with van der Waals surface area (Å²) in [4.78, 5) is 11.3. The number of carbonyl (C=O) groups excluding carboxylic acids is 1. The van der Waals surface area contributed by atoms with Gasteiger partial charge in [-0.2, -0.15) is 5.10 Å². The summed E-state index contributed by atoms with van der Waals surface area (Å²) in [5.41, 5.74) is 2.12. The first-order chi connectivity index (χ1) is 7.06. The lowest BCUT2D eigenvalue weighted by Crippen LogP contribution is -2.41. The van der Waals surface area contributed by atoms with E-state index in [1.165, 1.54) is 0 Å². The zero-order valence-corrected chi connectivity index (χ0v) is 9.59. The van der Waals surface area contributed by atoms with Crippen molar-refractivity contribution >= 4 is 5.91 Å². The van der Waals surface area contributed by atoms with Gasteiger partial charge in [0.05, 0.1) is 12.2 Å². The number of aromatic amines is 1. The predicted octanol–water partition coefficient (Wildman–Crippen LogP) is 0.503. The first-order valence-corrected chi connectivity index (χ1v) is 5.03. The monoisotopic (exact) mass is 210 g/mol. The van der Waals surface area contributed by atoms with E-state index in [0.29, 0.717) is 0 Å². The quantitative estimate of drug-likeness (QED) is 0.678. The third-order valence-electron chi connectivity index (χ3n) is 2.48. The minimum absolute atomic E-state index is 0.0111. The Morgan fingerprint density at radius 2 is 2.20 bits per heavy atom. The third-order valence-corrected chi connectivity index (χ3v) is 2.48. The second kappa shape index (κ2) is 4.93. The highest BCUT2D eigenvalue weighted by Crippen LogP contribution is 2.14. The molecule has 1 aromatic rings. The fourth-order valence-electron chi connectivity index (χ4n) is 1.55. The molecule has 0 fully saturated rings. The summed E-state index contributed by atoms with van der Waals surface area (Å²) in [6.45, 7) is 5.81. The van der Waals surface area contributed by atoms with Crippen molar-refractivity contribution in [2.24, 2.45) is 0 Å². The molecule has 0 bridgehead atoms. The molecule has 3 N–H and O–H groups in total. The van der Waals surface area contributed by atoms with Gasteiger partial charge in [0.2, 0.25) is 5.91 Å². The Hall–Kier alpha value is -1.36. The summed E-state index contributed by atoms with van der Waals surface area (Å²) in [5, 5.41) is 12.6. The highest BCUT2D eigenvalue weighted by molar-refractivity contribution is 5.80.